The molecule has 0 spiro atoms. The van der Waals surface area contributed by atoms with Gasteiger partial charge in [0.05, 0.1) is 19.3 Å². The highest BCUT2D eigenvalue weighted by molar-refractivity contribution is 5.86. The first-order valence-electron chi connectivity index (χ1n) is 7.51. The SMILES string of the molecule is C=C(CCC1CO1)C(=O)O.C=C(CCOc1ccccc1)C(=O)O. The molecule has 6 heteroatoms. The summed E-state index contributed by atoms with van der Waals surface area (Å²) < 4.78 is 10.2. The molecule has 1 atom stereocenters. The monoisotopic (exact) mass is 334 g/mol. The van der Waals surface area contributed by atoms with Crippen molar-refractivity contribution in [2.24, 2.45) is 0 Å². The fourth-order valence-corrected chi connectivity index (χ4v) is 1.59. The number of aliphatic carboxylic acids is 2. The van der Waals surface area contributed by atoms with E-state index < -0.39 is 11.9 Å². The largest absolute Gasteiger partial charge is 0.493 e. The first kappa shape index (κ1) is 19.4. The molecule has 1 saturated heterocycles. The van der Waals surface area contributed by atoms with Crippen LogP contribution in [0.15, 0.2) is 54.6 Å². The Labute approximate surface area is 141 Å². The lowest BCUT2D eigenvalue weighted by molar-refractivity contribution is -0.133. The highest BCUT2D eigenvalue weighted by Crippen LogP contribution is 2.17. The lowest BCUT2D eigenvalue weighted by Gasteiger charge is -2.04. The van der Waals surface area contributed by atoms with Crippen molar-refractivity contribution in [3.63, 3.8) is 0 Å². The van der Waals surface area contributed by atoms with Gasteiger partial charge in [0, 0.05) is 17.6 Å². The van der Waals surface area contributed by atoms with E-state index in [1.54, 1.807) is 0 Å². The minimum Gasteiger partial charge on any atom is -0.493 e. The van der Waals surface area contributed by atoms with Crippen LogP contribution >= 0.6 is 0 Å². The number of rotatable bonds is 9. The third-order valence-electron chi connectivity index (χ3n) is 3.19. The lowest BCUT2D eigenvalue weighted by atomic mass is 10.1. The van der Waals surface area contributed by atoms with E-state index in [4.69, 9.17) is 19.7 Å². The highest BCUT2D eigenvalue weighted by atomic mass is 16.6. The number of benzene rings is 1. The molecule has 24 heavy (non-hydrogen) atoms. The predicted octanol–water partition coefficient (Wildman–Crippen LogP) is 2.90. The molecule has 2 N–H and O–H groups in total. The maximum Gasteiger partial charge on any atom is 0.331 e. The summed E-state index contributed by atoms with van der Waals surface area (Å²) in [7, 11) is 0. The van der Waals surface area contributed by atoms with Crippen LogP contribution < -0.4 is 4.74 Å². The number of para-hydroxylation sites is 1. The number of ether oxygens (including phenoxy) is 2. The van der Waals surface area contributed by atoms with Crippen LogP contribution in [0.2, 0.25) is 0 Å². The minimum absolute atomic E-state index is 0.168. The average molecular weight is 334 g/mol. The molecule has 130 valence electrons. The minimum atomic E-state index is -0.971. The molecule has 0 bridgehead atoms. The summed E-state index contributed by atoms with van der Waals surface area (Å²) in [6, 6.07) is 9.26. The summed E-state index contributed by atoms with van der Waals surface area (Å²) in [5, 5.41) is 16.9. The van der Waals surface area contributed by atoms with E-state index in [1.807, 2.05) is 30.3 Å². The van der Waals surface area contributed by atoms with Gasteiger partial charge in [0.1, 0.15) is 5.75 Å². The quantitative estimate of drug-likeness (QED) is 0.532. The van der Waals surface area contributed by atoms with Crippen LogP contribution in [0.25, 0.3) is 0 Å². The lowest BCUT2D eigenvalue weighted by Crippen LogP contribution is -2.05. The molecule has 0 aliphatic carbocycles. The van der Waals surface area contributed by atoms with Gasteiger partial charge in [0.15, 0.2) is 0 Å². The molecule has 1 unspecified atom stereocenters. The molecule has 1 heterocycles. The fraction of sp³-hybridized carbons (Fsp3) is 0.333. The van der Waals surface area contributed by atoms with E-state index in [2.05, 4.69) is 13.2 Å². The number of hydrogen-bond acceptors (Lipinski definition) is 4. The van der Waals surface area contributed by atoms with Crippen LogP contribution in [0.1, 0.15) is 19.3 Å². The zero-order chi connectivity index (χ0) is 17.9. The number of epoxide rings is 1. The molecular formula is C18H22O6. The average Bonchev–Trinajstić information content (AvgIpc) is 3.38. The maximum absolute atomic E-state index is 10.4. The zero-order valence-corrected chi connectivity index (χ0v) is 13.4. The number of carbonyl (C=O) groups is 2. The first-order chi connectivity index (χ1) is 11.4. The Bertz CT molecular complexity index is 574. The Balaban J connectivity index is 0.000000254. The Kier molecular flexibility index (Phi) is 8.29. The number of hydrogen-bond donors (Lipinski definition) is 2. The Morgan fingerprint density at radius 1 is 1.08 bits per heavy atom. The smallest absolute Gasteiger partial charge is 0.331 e. The number of carboxylic acid groups (broad SMARTS) is 2. The fourth-order valence-electron chi connectivity index (χ4n) is 1.59. The third kappa shape index (κ3) is 8.75. The zero-order valence-electron chi connectivity index (χ0n) is 13.4. The molecule has 1 aromatic carbocycles. The molecule has 1 aliphatic rings. The highest BCUT2D eigenvalue weighted by Gasteiger charge is 2.22. The van der Waals surface area contributed by atoms with Gasteiger partial charge >= 0.3 is 11.9 Å². The second kappa shape index (κ2) is 10.2. The van der Waals surface area contributed by atoms with Crippen LogP contribution in [0.4, 0.5) is 0 Å². The summed E-state index contributed by atoms with van der Waals surface area (Å²) >= 11 is 0. The molecule has 0 radical (unpaired) electrons. The van der Waals surface area contributed by atoms with Crippen molar-refractivity contribution in [2.45, 2.75) is 25.4 Å². The molecule has 0 aromatic heterocycles. The van der Waals surface area contributed by atoms with Crippen molar-refractivity contribution in [1.82, 2.24) is 0 Å². The summed E-state index contributed by atoms with van der Waals surface area (Å²) in [6.45, 7) is 7.93. The van der Waals surface area contributed by atoms with Gasteiger partial charge in [0.25, 0.3) is 0 Å². The Hall–Kier alpha value is -2.60. The van der Waals surface area contributed by atoms with E-state index in [-0.39, 0.29) is 11.1 Å². The van der Waals surface area contributed by atoms with Gasteiger partial charge in [-0.2, -0.15) is 0 Å². The van der Waals surface area contributed by atoms with Crippen LogP contribution in [-0.4, -0.2) is 41.5 Å². The molecule has 0 saturated carbocycles. The molecule has 1 aromatic rings. The first-order valence-corrected chi connectivity index (χ1v) is 7.51. The molecule has 1 aliphatic heterocycles. The van der Waals surface area contributed by atoms with E-state index in [0.29, 0.717) is 25.6 Å². The summed E-state index contributed by atoms with van der Waals surface area (Å²) in [5.41, 5.74) is 0.441. The predicted molar refractivity (Wildman–Crippen MR) is 89.1 cm³/mol. The van der Waals surface area contributed by atoms with E-state index in [0.717, 1.165) is 18.8 Å². The van der Waals surface area contributed by atoms with Gasteiger partial charge < -0.3 is 19.7 Å². The molecular weight excluding hydrogens is 312 g/mol. The van der Waals surface area contributed by atoms with Crippen molar-refractivity contribution in [2.75, 3.05) is 13.2 Å². The van der Waals surface area contributed by atoms with Crippen molar-refractivity contribution in [3.8, 4) is 5.75 Å². The van der Waals surface area contributed by atoms with Gasteiger partial charge in [-0.25, -0.2) is 9.59 Å². The van der Waals surface area contributed by atoms with Crippen LogP contribution in [0, 0.1) is 0 Å². The van der Waals surface area contributed by atoms with Crippen LogP contribution in [0.3, 0.4) is 0 Å². The Morgan fingerprint density at radius 2 is 1.62 bits per heavy atom. The second-order valence-corrected chi connectivity index (χ2v) is 5.22. The second-order valence-electron chi connectivity index (χ2n) is 5.22. The van der Waals surface area contributed by atoms with E-state index in [9.17, 15) is 9.59 Å². The van der Waals surface area contributed by atoms with Crippen LogP contribution in [0.5, 0.6) is 5.75 Å². The molecule has 0 amide bonds. The van der Waals surface area contributed by atoms with E-state index in [1.165, 1.54) is 0 Å². The van der Waals surface area contributed by atoms with Crippen molar-refractivity contribution >= 4 is 11.9 Å². The number of carboxylic acids is 2. The molecule has 1 fully saturated rings. The standard InChI is InChI=1S/C11H12O3.C7H10O3/c1-9(11(12)13)7-8-14-10-5-3-2-4-6-10;1-5(7(8)9)2-3-6-4-10-6/h2-6H,1,7-8H2,(H,12,13);6H,1-4H2,(H,8,9). The van der Waals surface area contributed by atoms with Gasteiger partial charge in [-0.15, -0.1) is 0 Å². The summed E-state index contributed by atoms with van der Waals surface area (Å²) in [6.07, 6.45) is 1.98. The third-order valence-corrected chi connectivity index (χ3v) is 3.19. The maximum atomic E-state index is 10.4. The van der Waals surface area contributed by atoms with Gasteiger partial charge in [0.2, 0.25) is 0 Å². The van der Waals surface area contributed by atoms with Gasteiger partial charge in [-0.3, -0.25) is 0 Å². The Morgan fingerprint density at radius 3 is 2.12 bits per heavy atom. The summed E-state index contributed by atoms with van der Waals surface area (Å²) in [5.74, 6) is -1.13. The molecule has 6 nitrogen and oxygen atoms in total. The van der Waals surface area contributed by atoms with Gasteiger partial charge in [-0.05, 0) is 25.0 Å². The van der Waals surface area contributed by atoms with Crippen LogP contribution in [-0.2, 0) is 14.3 Å². The molecule has 2 rings (SSSR count). The topological polar surface area (TPSA) is 96.4 Å². The van der Waals surface area contributed by atoms with Crippen molar-refractivity contribution in [3.05, 3.63) is 54.6 Å². The van der Waals surface area contributed by atoms with Crippen molar-refractivity contribution < 1.29 is 29.3 Å². The van der Waals surface area contributed by atoms with Gasteiger partial charge in [-0.1, -0.05) is 31.4 Å². The normalized spacial score (nSPS) is 14.8. The van der Waals surface area contributed by atoms with E-state index >= 15 is 0 Å². The van der Waals surface area contributed by atoms with Crippen molar-refractivity contribution in [1.29, 1.82) is 0 Å². The summed E-state index contributed by atoms with van der Waals surface area (Å²) in [4.78, 5) is 20.6.